The molecule has 0 saturated carbocycles. The Morgan fingerprint density at radius 3 is 2.85 bits per heavy atom. The first-order chi connectivity index (χ1) is 9.56. The standard InChI is InChI=1S/C12H16N4O2S2/c1-19-12-5-3-2-4-11(12)15-20(17,18)10-8-14-16(9-10)7-6-13/h2-5,8-9,15H,6-7,13H2,1H3. The molecule has 1 aromatic heterocycles. The monoisotopic (exact) mass is 312 g/mol. The maximum atomic E-state index is 12.3. The topological polar surface area (TPSA) is 90.0 Å². The predicted molar refractivity (Wildman–Crippen MR) is 80.3 cm³/mol. The summed E-state index contributed by atoms with van der Waals surface area (Å²) < 4.78 is 28.7. The molecule has 0 aliphatic carbocycles. The van der Waals surface area contributed by atoms with E-state index in [4.69, 9.17) is 5.73 Å². The molecule has 1 heterocycles. The number of para-hydroxylation sites is 1. The molecule has 3 N–H and O–H groups in total. The van der Waals surface area contributed by atoms with E-state index in [0.29, 0.717) is 18.8 Å². The highest BCUT2D eigenvalue weighted by molar-refractivity contribution is 7.99. The summed E-state index contributed by atoms with van der Waals surface area (Å²) in [6.07, 6.45) is 4.68. The van der Waals surface area contributed by atoms with Crippen molar-refractivity contribution in [1.29, 1.82) is 0 Å². The summed E-state index contributed by atoms with van der Waals surface area (Å²) in [5, 5.41) is 3.97. The third-order valence-corrected chi connectivity index (χ3v) is 4.75. The maximum absolute atomic E-state index is 12.3. The lowest BCUT2D eigenvalue weighted by atomic mass is 10.3. The van der Waals surface area contributed by atoms with Gasteiger partial charge in [-0.3, -0.25) is 9.40 Å². The van der Waals surface area contributed by atoms with Crippen LogP contribution in [-0.2, 0) is 16.6 Å². The van der Waals surface area contributed by atoms with Crippen molar-refractivity contribution in [3.05, 3.63) is 36.7 Å². The number of nitrogens with zero attached hydrogens (tertiary/aromatic N) is 2. The van der Waals surface area contributed by atoms with Crippen LogP contribution >= 0.6 is 11.8 Å². The Labute approximate surface area is 122 Å². The average Bonchev–Trinajstić information content (AvgIpc) is 2.89. The fourth-order valence-electron chi connectivity index (χ4n) is 1.67. The minimum atomic E-state index is -3.63. The van der Waals surface area contributed by atoms with E-state index in [2.05, 4.69) is 9.82 Å². The van der Waals surface area contributed by atoms with E-state index in [0.717, 1.165) is 4.90 Å². The lowest BCUT2D eigenvalue weighted by molar-refractivity contribution is 0.599. The highest BCUT2D eigenvalue weighted by Gasteiger charge is 2.17. The van der Waals surface area contributed by atoms with Gasteiger partial charge in [-0.1, -0.05) is 12.1 Å². The third kappa shape index (κ3) is 3.33. The number of rotatable bonds is 6. The summed E-state index contributed by atoms with van der Waals surface area (Å²) >= 11 is 1.48. The first-order valence-corrected chi connectivity index (χ1v) is 8.66. The van der Waals surface area contributed by atoms with E-state index in [1.54, 1.807) is 12.1 Å². The molecule has 0 atom stereocenters. The van der Waals surface area contributed by atoms with Crippen LogP contribution in [0.25, 0.3) is 0 Å². The molecule has 0 amide bonds. The molecule has 0 fully saturated rings. The lowest BCUT2D eigenvalue weighted by Gasteiger charge is -2.09. The number of nitrogens with two attached hydrogens (primary N) is 1. The Morgan fingerprint density at radius 2 is 2.15 bits per heavy atom. The second-order valence-corrected chi connectivity index (χ2v) is 6.56. The van der Waals surface area contributed by atoms with E-state index in [1.807, 2.05) is 18.4 Å². The van der Waals surface area contributed by atoms with Crippen LogP contribution in [-0.4, -0.2) is 31.0 Å². The number of thioether (sulfide) groups is 1. The van der Waals surface area contributed by atoms with Crippen LogP contribution < -0.4 is 10.5 Å². The van der Waals surface area contributed by atoms with E-state index in [1.165, 1.54) is 28.8 Å². The molecule has 108 valence electrons. The zero-order chi connectivity index (χ0) is 14.6. The molecule has 2 aromatic rings. The van der Waals surface area contributed by atoms with Gasteiger partial charge in [0.15, 0.2) is 0 Å². The SMILES string of the molecule is CSc1ccccc1NS(=O)(=O)c1cnn(CCN)c1. The van der Waals surface area contributed by atoms with Gasteiger partial charge in [-0.15, -0.1) is 11.8 Å². The largest absolute Gasteiger partial charge is 0.329 e. The Morgan fingerprint density at radius 1 is 1.40 bits per heavy atom. The van der Waals surface area contributed by atoms with Crippen LogP contribution in [0.5, 0.6) is 0 Å². The van der Waals surface area contributed by atoms with Gasteiger partial charge in [-0.25, -0.2) is 8.42 Å². The van der Waals surface area contributed by atoms with Gasteiger partial charge >= 0.3 is 0 Å². The summed E-state index contributed by atoms with van der Waals surface area (Å²) in [5.41, 5.74) is 5.97. The van der Waals surface area contributed by atoms with Crippen molar-refractivity contribution in [2.75, 3.05) is 17.5 Å². The zero-order valence-corrected chi connectivity index (χ0v) is 12.6. The molecule has 0 bridgehead atoms. The molecule has 0 unspecified atom stereocenters. The van der Waals surface area contributed by atoms with Gasteiger partial charge in [0.05, 0.1) is 18.4 Å². The van der Waals surface area contributed by atoms with E-state index in [-0.39, 0.29) is 4.90 Å². The fraction of sp³-hybridized carbons (Fsp3) is 0.250. The van der Waals surface area contributed by atoms with Crippen LogP contribution in [0.4, 0.5) is 5.69 Å². The Kier molecular flexibility index (Phi) is 4.69. The van der Waals surface area contributed by atoms with Crippen molar-refractivity contribution in [1.82, 2.24) is 9.78 Å². The van der Waals surface area contributed by atoms with Crippen molar-refractivity contribution in [3.8, 4) is 0 Å². The normalized spacial score (nSPS) is 11.5. The quantitative estimate of drug-likeness (QED) is 0.786. The third-order valence-electron chi connectivity index (χ3n) is 2.63. The number of nitrogens with one attached hydrogen (secondary N) is 1. The van der Waals surface area contributed by atoms with Crippen LogP contribution in [0, 0.1) is 0 Å². The summed E-state index contributed by atoms with van der Waals surface area (Å²) in [6, 6.07) is 7.24. The molecule has 20 heavy (non-hydrogen) atoms. The first kappa shape index (κ1) is 14.9. The van der Waals surface area contributed by atoms with Gasteiger partial charge in [-0.2, -0.15) is 5.10 Å². The second kappa shape index (κ2) is 6.29. The highest BCUT2D eigenvalue weighted by atomic mass is 32.2. The number of anilines is 1. The van der Waals surface area contributed by atoms with Gasteiger partial charge in [0.2, 0.25) is 0 Å². The van der Waals surface area contributed by atoms with Gasteiger partial charge < -0.3 is 5.73 Å². The summed E-state index contributed by atoms with van der Waals surface area (Å²) in [6.45, 7) is 0.890. The van der Waals surface area contributed by atoms with Crippen molar-refractivity contribution in [2.45, 2.75) is 16.3 Å². The molecule has 6 nitrogen and oxygen atoms in total. The fourth-order valence-corrected chi connectivity index (χ4v) is 3.32. The molecular weight excluding hydrogens is 296 g/mol. The van der Waals surface area contributed by atoms with Crippen molar-refractivity contribution in [3.63, 3.8) is 0 Å². The van der Waals surface area contributed by atoms with Crippen LogP contribution in [0.15, 0.2) is 46.5 Å². The van der Waals surface area contributed by atoms with Crippen LogP contribution in [0.3, 0.4) is 0 Å². The second-order valence-electron chi connectivity index (χ2n) is 4.03. The molecule has 0 radical (unpaired) electrons. The number of hydrogen-bond acceptors (Lipinski definition) is 5. The van der Waals surface area contributed by atoms with Gasteiger partial charge in [0.25, 0.3) is 10.0 Å². The first-order valence-electron chi connectivity index (χ1n) is 5.95. The minimum absolute atomic E-state index is 0.127. The Bertz CT molecular complexity index is 682. The van der Waals surface area contributed by atoms with Crippen molar-refractivity contribution < 1.29 is 8.42 Å². The minimum Gasteiger partial charge on any atom is -0.329 e. The molecule has 1 aromatic carbocycles. The van der Waals surface area contributed by atoms with Crippen molar-refractivity contribution >= 4 is 27.5 Å². The number of hydrogen-bond donors (Lipinski definition) is 2. The molecule has 0 aliphatic rings. The van der Waals surface area contributed by atoms with E-state index in [9.17, 15) is 8.42 Å². The highest BCUT2D eigenvalue weighted by Crippen LogP contribution is 2.26. The summed E-state index contributed by atoms with van der Waals surface area (Å²) in [5.74, 6) is 0. The average molecular weight is 312 g/mol. The number of sulfonamides is 1. The molecule has 2 rings (SSSR count). The molecule has 0 saturated heterocycles. The molecular formula is C12H16N4O2S2. The lowest BCUT2D eigenvalue weighted by Crippen LogP contribution is -2.13. The molecule has 0 spiro atoms. The molecule has 0 aliphatic heterocycles. The van der Waals surface area contributed by atoms with Gasteiger partial charge in [0.1, 0.15) is 4.90 Å². The zero-order valence-electron chi connectivity index (χ0n) is 11.0. The van der Waals surface area contributed by atoms with Gasteiger partial charge in [-0.05, 0) is 18.4 Å². The Balaban J connectivity index is 2.26. The number of aromatic nitrogens is 2. The predicted octanol–water partition coefficient (Wildman–Crippen LogP) is 1.36. The van der Waals surface area contributed by atoms with Crippen LogP contribution in [0.1, 0.15) is 0 Å². The van der Waals surface area contributed by atoms with E-state index < -0.39 is 10.0 Å². The summed E-state index contributed by atoms with van der Waals surface area (Å²) in [4.78, 5) is 0.993. The molecule has 8 heteroatoms. The smallest absolute Gasteiger partial charge is 0.265 e. The van der Waals surface area contributed by atoms with Crippen LogP contribution in [0.2, 0.25) is 0 Å². The summed E-state index contributed by atoms with van der Waals surface area (Å²) in [7, 11) is -3.63. The number of benzene rings is 1. The maximum Gasteiger partial charge on any atom is 0.265 e. The Hall–Kier alpha value is -1.51. The van der Waals surface area contributed by atoms with E-state index >= 15 is 0 Å². The van der Waals surface area contributed by atoms with Crippen molar-refractivity contribution in [2.24, 2.45) is 5.73 Å². The van der Waals surface area contributed by atoms with Gasteiger partial charge in [0, 0.05) is 17.6 Å².